The molecule has 0 aliphatic heterocycles. The third-order valence-corrected chi connectivity index (χ3v) is 6.97. The fraction of sp³-hybridized carbons (Fsp3) is 0.429. The molecule has 1 unspecified atom stereocenters. The highest BCUT2D eigenvalue weighted by atomic mass is 19.1. The molecular weight excluding hydrogens is 465 g/mol. The van der Waals surface area contributed by atoms with Gasteiger partial charge in [-0.15, -0.1) is 0 Å². The molecule has 0 radical (unpaired) electrons. The standard InChI is InChI=1S/C28H30FNO6/c1-33-20-11-12-24(29)23(14-20)27-28(35-19-6-2-3-7-19)25(30-36-27)16-34-21-8-4-5-18(13-21)22(15-26(31)32)17-9-10-17/h4-5,8,11-14,17,19,22H,2-3,6-7,9-10,15-16H2,1H3,(H,31,32). The second-order valence-electron chi connectivity index (χ2n) is 9.56. The average Bonchev–Trinajstić information content (AvgIpc) is 3.45. The molecule has 0 saturated heterocycles. The molecule has 3 aromatic rings. The zero-order valence-electron chi connectivity index (χ0n) is 20.2. The Bertz CT molecular complexity index is 1210. The third kappa shape index (κ3) is 5.48. The summed E-state index contributed by atoms with van der Waals surface area (Å²) >= 11 is 0. The molecule has 1 heterocycles. The Labute approximate surface area is 209 Å². The average molecular weight is 496 g/mol. The molecule has 0 amide bonds. The van der Waals surface area contributed by atoms with E-state index in [1.807, 2.05) is 24.3 Å². The van der Waals surface area contributed by atoms with Crippen LogP contribution in [0.25, 0.3) is 11.3 Å². The lowest BCUT2D eigenvalue weighted by atomic mass is 9.91. The number of ether oxygens (including phenoxy) is 3. The van der Waals surface area contributed by atoms with Crippen molar-refractivity contribution in [1.29, 1.82) is 0 Å². The summed E-state index contributed by atoms with van der Waals surface area (Å²) in [6, 6.07) is 12.0. The first-order chi connectivity index (χ1) is 17.5. The molecule has 2 aromatic carbocycles. The Kier molecular flexibility index (Phi) is 7.11. The number of rotatable bonds is 11. The van der Waals surface area contributed by atoms with Gasteiger partial charge in [-0.2, -0.15) is 0 Å². The predicted molar refractivity (Wildman–Crippen MR) is 130 cm³/mol. The number of aliphatic carboxylic acids is 1. The zero-order chi connectivity index (χ0) is 25.1. The highest BCUT2D eigenvalue weighted by molar-refractivity contribution is 5.68. The number of carboxylic acids is 1. The predicted octanol–water partition coefficient (Wildman–Crippen LogP) is 6.36. The lowest BCUT2D eigenvalue weighted by molar-refractivity contribution is -0.137. The van der Waals surface area contributed by atoms with Gasteiger partial charge in [-0.1, -0.05) is 17.3 Å². The maximum Gasteiger partial charge on any atom is 0.303 e. The number of benzene rings is 2. The topological polar surface area (TPSA) is 91.0 Å². The molecule has 7 nitrogen and oxygen atoms in total. The van der Waals surface area contributed by atoms with E-state index in [0.717, 1.165) is 44.1 Å². The van der Waals surface area contributed by atoms with Crippen molar-refractivity contribution in [2.45, 2.75) is 63.6 Å². The first-order valence-corrected chi connectivity index (χ1v) is 12.5. The van der Waals surface area contributed by atoms with E-state index in [1.165, 1.54) is 13.2 Å². The lowest BCUT2D eigenvalue weighted by Crippen LogP contribution is -2.13. The molecule has 36 heavy (non-hydrogen) atoms. The molecule has 0 bridgehead atoms. The quantitative estimate of drug-likeness (QED) is 0.331. The lowest BCUT2D eigenvalue weighted by Gasteiger charge is -2.16. The van der Waals surface area contributed by atoms with E-state index in [-0.39, 0.29) is 36.4 Å². The Hall–Kier alpha value is -3.55. The van der Waals surface area contributed by atoms with E-state index < -0.39 is 11.8 Å². The fourth-order valence-corrected chi connectivity index (χ4v) is 4.91. The summed E-state index contributed by atoms with van der Waals surface area (Å²) in [5.41, 5.74) is 1.61. The number of carboxylic acid groups (broad SMARTS) is 1. The van der Waals surface area contributed by atoms with E-state index >= 15 is 0 Å². The SMILES string of the molecule is COc1ccc(F)c(-c2onc(COc3cccc(C(CC(=O)O)C4CC4)c3)c2OC2CCCC2)c1. The minimum absolute atomic E-state index is 0.00853. The molecule has 1 aromatic heterocycles. The number of carbonyl (C=O) groups is 1. The van der Waals surface area contributed by atoms with Crippen molar-refractivity contribution >= 4 is 5.97 Å². The molecule has 1 N–H and O–H groups in total. The summed E-state index contributed by atoms with van der Waals surface area (Å²) in [4.78, 5) is 11.4. The van der Waals surface area contributed by atoms with Crippen LogP contribution in [0.4, 0.5) is 4.39 Å². The van der Waals surface area contributed by atoms with Crippen molar-refractivity contribution in [1.82, 2.24) is 5.16 Å². The highest BCUT2D eigenvalue weighted by Crippen LogP contribution is 2.45. The van der Waals surface area contributed by atoms with Gasteiger partial charge in [0.25, 0.3) is 0 Å². The zero-order valence-corrected chi connectivity index (χ0v) is 20.2. The normalized spacial score (nSPS) is 16.6. The van der Waals surface area contributed by atoms with E-state index in [9.17, 15) is 14.3 Å². The molecule has 2 saturated carbocycles. The van der Waals surface area contributed by atoms with Crippen LogP contribution in [0, 0.1) is 11.7 Å². The minimum Gasteiger partial charge on any atom is -0.497 e. The summed E-state index contributed by atoms with van der Waals surface area (Å²) in [6.45, 7) is 0.0631. The van der Waals surface area contributed by atoms with Crippen LogP contribution in [-0.2, 0) is 11.4 Å². The van der Waals surface area contributed by atoms with Gasteiger partial charge in [0.2, 0.25) is 5.76 Å². The Morgan fingerprint density at radius 3 is 2.67 bits per heavy atom. The molecule has 5 rings (SSSR count). The molecule has 2 aliphatic carbocycles. The number of methoxy groups -OCH3 is 1. The minimum atomic E-state index is -0.799. The van der Waals surface area contributed by atoms with Crippen molar-refractivity contribution < 1.29 is 33.0 Å². The van der Waals surface area contributed by atoms with Gasteiger partial charge < -0.3 is 23.8 Å². The van der Waals surface area contributed by atoms with E-state index in [0.29, 0.717) is 28.9 Å². The van der Waals surface area contributed by atoms with Crippen LogP contribution in [0.1, 0.15) is 62.1 Å². The Balaban J connectivity index is 1.39. The molecule has 1 atom stereocenters. The number of nitrogens with zero attached hydrogens (tertiary/aromatic N) is 1. The summed E-state index contributed by atoms with van der Waals surface area (Å²) in [5.74, 6) is 0.802. The second-order valence-corrected chi connectivity index (χ2v) is 9.56. The smallest absolute Gasteiger partial charge is 0.303 e. The second kappa shape index (κ2) is 10.6. The van der Waals surface area contributed by atoms with Gasteiger partial charge in [0, 0.05) is 0 Å². The largest absolute Gasteiger partial charge is 0.497 e. The Morgan fingerprint density at radius 1 is 1.14 bits per heavy atom. The van der Waals surface area contributed by atoms with Crippen LogP contribution in [0.3, 0.4) is 0 Å². The maximum absolute atomic E-state index is 14.8. The molecule has 190 valence electrons. The number of hydrogen-bond acceptors (Lipinski definition) is 6. The maximum atomic E-state index is 14.8. The summed E-state index contributed by atoms with van der Waals surface area (Å²) in [5, 5.41) is 13.5. The first-order valence-electron chi connectivity index (χ1n) is 12.5. The Morgan fingerprint density at radius 2 is 1.94 bits per heavy atom. The summed E-state index contributed by atoms with van der Waals surface area (Å²) < 4.78 is 37.9. The third-order valence-electron chi connectivity index (χ3n) is 6.97. The van der Waals surface area contributed by atoms with Crippen LogP contribution in [-0.4, -0.2) is 29.4 Å². The molecule has 0 spiro atoms. The van der Waals surface area contributed by atoms with Gasteiger partial charge >= 0.3 is 5.97 Å². The fourth-order valence-electron chi connectivity index (χ4n) is 4.91. The van der Waals surface area contributed by atoms with Gasteiger partial charge in [-0.25, -0.2) is 4.39 Å². The van der Waals surface area contributed by atoms with Crippen molar-refractivity contribution in [3.63, 3.8) is 0 Å². The molecule has 8 heteroatoms. The van der Waals surface area contributed by atoms with Crippen LogP contribution in [0.2, 0.25) is 0 Å². The van der Waals surface area contributed by atoms with Crippen LogP contribution >= 0.6 is 0 Å². The van der Waals surface area contributed by atoms with E-state index in [2.05, 4.69) is 5.16 Å². The van der Waals surface area contributed by atoms with Crippen LogP contribution < -0.4 is 14.2 Å². The van der Waals surface area contributed by atoms with E-state index in [1.54, 1.807) is 12.1 Å². The number of halogens is 1. The van der Waals surface area contributed by atoms with E-state index in [4.69, 9.17) is 18.7 Å². The number of hydrogen-bond donors (Lipinski definition) is 1. The van der Waals surface area contributed by atoms with Crippen molar-refractivity contribution in [3.05, 3.63) is 59.5 Å². The molecule has 2 fully saturated rings. The van der Waals surface area contributed by atoms with Gasteiger partial charge in [0.1, 0.15) is 23.9 Å². The highest BCUT2D eigenvalue weighted by Gasteiger charge is 2.34. The van der Waals surface area contributed by atoms with Crippen molar-refractivity contribution in [2.24, 2.45) is 5.92 Å². The van der Waals surface area contributed by atoms with Gasteiger partial charge in [-0.3, -0.25) is 4.79 Å². The van der Waals surface area contributed by atoms with Crippen molar-refractivity contribution in [2.75, 3.05) is 7.11 Å². The molecular formula is C28H30FNO6. The van der Waals surface area contributed by atoms with Gasteiger partial charge in [0.05, 0.1) is 25.2 Å². The number of aromatic nitrogens is 1. The van der Waals surface area contributed by atoms with Crippen molar-refractivity contribution in [3.8, 4) is 28.6 Å². The summed E-state index contributed by atoms with van der Waals surface area (Å²) in [7, 11) is 1.52. The van der Waals surface area contributed by atoms with Crippen LogP contribution in [0.5, 0.6) is 17.2 Å². The monoisotopic (exact) mass is 495 g/mol. The summed E-state index contributed by atoms with van der Waals surface area (Å²) in [6.07, 6.45) is 6.20. The van der Waals surface area contributed by atoms with Gasteiger partial charge in [0.15, 0.2) is 11.4 Å². The first kappa shape index (κ1) is 24.2. The van der Waals surface area contributed by atoms with Gasteiger partial charge in [-0.05, 0) is 86.3 Å². The molecule has 2 aliphatic rings. The van der Waals surface area contributed by atoms with Crippen LogP contribution in [0.15, 0.2) is 47.0 Å².